The number of benzene rings is 1. The lowest BCUT2D eigenvalue weighted by molar-refractivity contribution is -0.169. The van der Waals surface area contributed by atoms with Crippen molar-refractivity contribution in [3.05, 3.63) is 45.1 Å². The van der Waals surface area contributed by atoms with Crippen molar-refractivity contribution in [2.45, 2.75) is 58.0 Å². The van der Waals surface area contributed by atoms with Gasteiger partial charge in [-0.15, -0.1) is 0 Å². The van der Waals surface area contributed by atoms with Crippen molar-refractivity contribution in [2.75, 3.05) is 35.0 Å². The van der Waals surface area contributed by atoms with Gasteiger partial charge in [0.2, 0.25) is 17.1 Å². The fourth-order valence-electron chi connectivity index (χ4n) is 5.26. The lowest BCUT2D eigenvalue weighted by Gasteiger charge is -2.26. The van der Waals surface area contributed by atoms with Crippen molar-refractivity contribution in [3.8, 4) is 34.1 Å². The van der Waals surface area contributed by atoms with Crippen molar-refractivity contribution in [1.29, 1.82) is 0 Å². The van der Waals surface area contributed by atoms with Gasteiger partial charge in [0.15, 0.2) is 23.5 Å². The quantitative estimate of drug-likeness (QED) is 0.567. The zero-order chi connectivity index (χ0) is 26.5. The van der Waals surface area contributed by atoms with Crippen LogP contribution in [0.15, 0.2) is 23.0 Å². The number of nitrogens with one attached hydrogen (secondary N) is 1. The molecule has 2 aliphatic rings. The number of rotatable bonds is 8. The Morgan fingerprint density at radius 3 is 2.38 bits per heavy atom. The van der Waals surface area contributed by atoms with Gasteiger partial charge >= 0.3 is 0 Å². The molecule has 2 aromatic rings. The molecule has 2 aromatic carbocycles. The van der Waals surface area contributed by atoms with Crippen LogP contribution >= 0.6 is 0 Å². The highest BCUT2D eigenvalue weighted by atomic mass is 16.7. The average Bonchev–Trinajstić information content (AvgIpc) is 3.15. The SMILES string of the molecule is COc1c(COC2CCCCO2)c2c(c(OC)c1OC)-c1ccc(OC)c(=O)cc1[C@@H](NC(C)=O)CC2. The van der Waals surface area contributed by atoms with Gasteiger partial charge < -0.3 is 33.7 Å². The molecule has 2 atom stereocenters. The summed E-state index contributed by atoms with van der Waals surface area (Å²) in [6.45, 7) is 2.38. The molecule has 1 heterocycles. The Kier molecular flexibility index (Phi) is 8.56. The molecule has 0 radical (unpaired) electrons. The van der Waals surface area contributed by atoms with E-state index in [1.54, 1.807) is 27.4 Å². The standard InChI is InChI=1S/C28H35NO8/c1-16(30)29-21-11-9-18-20(15-37-24-8-6-7-13-36-24)26(33-3)28(35-5)27(34-4)25(18)17-10-12-23(32-2)22(31)14-19(17)21/h10,12,14,21,24H,6-9,11,13,15H2,1-5H3,(H,29,30)/t21-,24?/m0/s1. The number of ether oxygens (including phenoxy) is 6. The summed E-state index contributed by atoms with van der Waals surface area (Å²) in [5.41, 5.74) is 3.66. The predicted octanol–water partition coefficient (Wildman–Crippen LogP) is 3.91. The van der Waals surface area contributed by atoms with E-state index in [-0.39, 0.29) is 30.0 Å². The minimum absolute atomic E-state index is 0.187. The third-order valence-corrected chi connectivity index (χ3v) is 6.91. The minimum Gasteiger partial charge on any atom is -0.493 e. The van der Waals surface area contributed by atoms with Crippen LogP contribution in [0, 0.1) is 0 Å². The normalized spacial score (nSPS) is 18.6. The van der Waals surface area contributed by atoms with Gasteiger partial charge in [-0.1, -0.05) is 6.07 Å². The molecule has 1 saturated heterocycles. The molecule has 1 fully saturated rings. The molecule has 0 bridgehead atoms. The Hall–Kier alpha value is -3.30. The van der Waals surface area contributed by atoms with E-state index in [2.05, 4.69) is 5.32 Å². The smallest absolute Gasteiger partial charge is 0.220 e. The molecule has 4 rings (SSSR count). The molecular weight excluding hydrogens is 478 g/mol. The van der Waals surface area contributed by atoms with Crippen LogP contribution in [-0.4, -0.2) is 47.2 Å². The molecule has 37 heavy (non-hydrogen) atoms. The molecule has 1 unspecified atom stereocenters. The second-order valence-corrected chi connectivity index (χ2v) is 9.11. The number of carbonyl (C=O) groups is 1. The molecule has 1 amide bonds. The number of methoxy groups -OCH3 is 4. The van der Waals surface area contributed by atoms with Gasteiger partial charge in [-0.3, -0.25) is 9.59 Å². The van der Waals surface area contributed by atoms with E-state index in [4.69, 9.17) is 28.4 Å². The van der Waals surface area contributed by atoms with Crippen molar-refractivity contribution in [3.63, 3.8) is 0 Å². The second kappa shape index (κ2) is 11.8. The summed E-state index contributed by atoms with van der Waals surface area (Å²) in [5.74, 6) is 1.45. The topological polar surface area (TPSA) is 102 Å². The largest absolute Gasteiger partial charge is 0.493 e. The van der Waals surface area contributed by atoms with Gasteiger partial charge in [-0.25, -0.2) is 0 Å². The van der Waals surface area contributed by atoms with E-state index in [0.717, 1.165) is 41.5 Å². The Morgan fingerprint density at radius 1 is 1.00 bits per heavy atom. The Bertz CT molecular complexity index is 1210. The van der Waals surface area contributed by atoms with Crippen molar-refractivity contribution in [2.24, 2.45) is 0 Å². The molecule has 0 spiro atoms. The number of hydrogen-bond donors (Lipinski definition) is 1. The van der Waals surface area contributed by atoms with E-state index in [0.29, 0.717) is 42.3 Å². The zero-order valence-corrected chi connectivity index (χ0v) is 22.1. The first-order chi connectivity index (χ1) is 17.9. The summed E-state index contributed by atoms with van der Waals surface area (Å²) in [6.07, 6.45) is 3.73. The average molecular weight is 514 g/mol. The van der Waals surface area contributed by atoms with Crippen molar-refractivity contribution >= 4 is 5.91 Å². The molecule has 9 nitrogen and oxygen atoms in total. The number of carbonyl (C=O) groups excluding carboxylic acids is 1. The van der Waals surface area contributed by atoms with Gasteiger partial charge in [0, 0.05) is 24.7 Å². The van der Waals surface area contributed by atoms with Crippen LogP contribution in [0.1, 0.15) is 55.3 Å². The summed E-state index contributed by atoms with van der Waals surface area (Å²) in [6, 6.07) is 4.61. The lowest BCUT2D eigenvalue weighted by Crippen LogP contribution is -2.26. The highest BCUT2D eigenvalue weighted by Gasteiger charge is 2.33. The fraction of sp³-hybridized carbons (Fsp3) is 0.500. The van der Waals surface area contributed by atoms with Gasteiger partial charge in [0.05, 0.1) is 41.1 Å². The maximum Gasteiger partial charge on any atom is 0.220 e. The van der Waals surface area contributed by atoms with E-state index >= 15 is 0 Å². The maximum atomic E-state index is 13.0. The first-order valence-electron chi connectivity index (χ1n) is 12.5. The Labute approximate surface area is 217 Å². The van der Waals surface area contributed by atoms with E-state index < -0.39 is 6.04 Å². The Morgan fingerprint density at radius 2 is 1.76 bits per heavy atom. The molecule has 1 N–H and O–H groups in total. The van der Waals surface area contributed by atoms with Crippen LogP contribution in [0.4, 0.5) is 0 Å². The maximum absolute atomic E-state index is 13.0. The highest BCUT2D eigenvalue weighted by Crippen LogP contribution is 2.53. The van der Waals surface area contributed by atoms with Crippen molar-refractivity contribution in [1.82, 2.24) is 5.32 Å². The number of fused-ring (bicyclic) bond motifs is 3. The molecular formula is C28H35NO8. The Balaban J connectivity index is 1.99. The summed E-state index contributed by atoms with van der Waals surface area (Å²) in [4.78, 5) is 25.1. The second-order valence-electron chi connectivity index (χ2n) is 9.11. The first kappa shape index (κ1) is 26.8. The van der Waals surface area contributed by atoms with E-state index in [1.807, 2.05) is 6.07 Å². The lowest BCUT2D eigenvalue weighted by atomic mass is 9.91. The van der Waals surface area contributed by atoms with Crippen LogP contribution in [0.3, 0.4) is 0 Å². The molecule has 200 valence electrons. The minimum atomic E-state index is -0.401. The van der Waals surface area contributed by atoms with Crippen LogP contribution in [0.25, 0.3) is 11.1 Å². The van der Waals surface area contributed by atoms with Crippen LogP contribution < -0.4 is 29.7 Å². The molecule has 1 aliphatic heterocycles. The van der Waals surface area contributed by atoms with Crippen LogP contribution in [-0.2, 0) is 27.3 Å². The number of hydrogen-bond acceptors (Lipinski definition) is 8. The molecule has 0 saturated carbocycles. The molecule has 1 aliphatic carbocycles. The summed E-state index contributed by atoms with van der Waals surface area (Å²) >= 11 is 0. The van der Waals surface area contributed by atoms with Gasteiger partial charge in [-0.05, 0) is 60.9 Å². The van der Waals surface area contributed by atoms with Crippen LogP contribution in [0.5, 0.6) is 23.0 Å². The zero-order valence-electron chi connectivity index (χ0n) is 22.1. The fourth-order valence-corrected chi connectivity index (χ4v) is 5.26. The van der Waals surface area contributed by atoms with Gasteiger partial charge in [-0.2, -0.15) is 0 Å². The first-order valence-corrected chi connectivity index (χ1v) is 12.5. The predicted molar refractivity (Wildman–Crippen MR) is 138 cm³/mol. The van der Waals surface area contributed by atoms with E-state index in [1.165, 1.54) is 20.1 Å². The third-order valence-electron chi connectivity index (χ3n) is 6.91. The highest BCUT2D eigenvalue weighted by molar-refractivity contribution is 5.85. The summed E-state index contributed by atoms with van der Waals surface area (Å²) < 4.78 is 34.9. The third kappa shape index (κ3) is 5.38. The summed E-state index contributed by atoms with van der Waals surface area (Å²) in [5, 5.41) is 3.02. The summed E-state index contributed by atoms with van der Waals surface area (Å²) in [7, 11) is 6.17. The van der Waals surface area contributed by atoms with Crippen LogP contribution in [0.2, 0.25) is 0 Å². The molecule has 0 aromatic heterocycles. The van der Waals surface area contributed by atoms with E-state index in [9.17, 15) is 9.59 Å². The van der Waals surface area contributed by atoms with Gasteiger partial charge in [0.1, 0.15) is 0 Å². The number of amides is 1. The molecule has 9 heteroatoms. The van der Waals surface area contributed by atoms with Crippen molar-refractivity contribution < 1.29 is 33.2 Å². The monoisotopic (exact) mass is 513 g/mol. The van der Waals surface area contributed by atoms with Gasteiger partial charge in [0.25, 0.3) is 0 Å².